The summed E-state index contributed by atoms with van der Waals surface area (Å²) in [5.41, 5.74) is 8.64. The minimum absolute atomic E-state index is 0.106. The Morgan fingerprint density at radius 3 is 2.73 bits per heavy atom. The first-order valence-electron chi connectivity index (χ1n) is 11.0. The van der Waals surface area contributed by atoms with E-state index in [4.69, 9.17) is 15.6 Å². The van der Waals surface area contributed by atoms with Gasteiger partial charge in [0.1, 0.15) is 21.5 Å². The number of aliphatic hydroxyl groups is 2. The SMILES string of the molecule is COc1cccc(C(=O)Nc2cccc(-c3csc(-c4sc(NC(=O)NCC(O)CO)nc4N)n3)c2)c1. The summed E-state index contributed by atoms with van der Waals surface area (Å²) in [7, 11) is 1.55. The number of nitrogen functional groups attached to an aromatic ring is 1. The molecule has 37 heavy (non-hydrogen) atoms. The number of aliphatic hydroxyl groups excluding tert-OH is 2. The van der Waals surface area contributed by atoms with Crippen molar-refractivity contribution in [2.75, 3.05) is 36.6 Å². The van der Waals surface area contributed by atoms with E-state index in [1.54, 1.807) is 37.4 Å². The van der Waals surface area contributed by atoms with E-state index < -0.39 is 18.7 Å². The molecule has 2 heterocycles. The highest BCUT2D eigenvalue weighted by atomic mass is 32.1. The fourth-order valence-corrected chi connectivity index (χ4v) is 5.00. The zero-order chi connectivity index (χ0) is 26.4. The maximum atomic E-state index is 12.7. The van der Waals surface area contributed by atoms with Crippen LogP contribution in [0.4, 0.5) is 21.4 Å². The standard InChI is InChI=1S/C24H24N6O5S2/c1-35-17-7-3-5-14(9-17)21(33)27-15-6-2-4-13(8-15)18-12-36-22(28-18)19-20(25)29-24(37-19)30-23(34)26-10-16(32)11-31/h2-9,12,16,31-32H,10-11,25H2,1H3,(H,27,33)(H2,26,29,30,34). The molecule has 0 fully saturated rings. The summed E-state index contributed by atoms with van der Waals surface area (Å²) in [6, 6.07) is 13.6. The summed E-state index contributed by atoms with van der Waals surface area (Å²) in [5, 5.41) is 28.8. The molecule has 4 rings (SSSR count). The Morgan fingerprint density at radius 1 is 1.14 bits per heavy atom. The molecule has 0 aliphatic rings. The normalized spacial score (nSPS) is 11.5. The predicted octanol–water partition coefficient (Wildman–Crippen LogP) is 3.25. The minimum atomic E-state index is -1.05. The highest BCUT2D eigenvalue weighted by Crippen LogP contribution is 2.38. The number of rotatable bonds is 9. The maximum absolute atomic E-state index is 12.7. The van der Waals surface area contributed by atoms with E-state index in [9.17, 15) is 14.7 Å². The average molecular weight is 541 g/mol. The first-order chi connectivity index (χ1) is 17.9. The number of aromatic nitrogens is 2. The first kappa shape index (κ1) is 26.0. The molecular formula is C24H24N6O5S2. The Bertz CT molecular complexity index is 1410. The smallest absolute Gasteiger partial charge is 0.321 e. The molecule has 0 spiro atoms. The predicted molar refractivity (Wildman–Crippen MR) is 144 cm³/mol. The van der Waals surface area contributed by atoms with E-state index in [0.717, 1.165) is 16.9 Å². The molecule has 2 aromatic heterocycles. The zero-order valence-corrected chi connectivity index (χ0v) is 21.2. The summed E-state index contributed by atoms with van der Waals surface area (Å²) in [6.45, 7) is -0.566. The Kier molecular flexibility index (Phi) is 8.30. The molecule has 0 aliphatic heterocycles. The van der Waals surface area contributed by atoms with E-state index in [-0.39, 0.29) is 23.4 Å². The second kappa shape index (κ2) is 11.8. The van der Waals surface area contributed by atoms with Crippen molar-refractivity contribution in [2.24, 2.45) is 0 Å². The monoisotopic (exact) mass is 540 g/mol. The summed E-state index contributed by atoms with van der Waals surface area (Å²) in [6.07, 6.45) is -1.05. The van der Waals surface area contributed by atoms with Crippen LogP contribution in [0.25, 0.3) is 21.1 Å². The maximum Gasteiger partial charge on any atom is 0.321 e. The van der Waals surface area contributed by atoms with Gasteiger partial charge < -0.3 is 31.3 Å². The van der Waals surface area contributed by atoms with Crippen LogP contribution in [0.1, 0.15) is 10.4 Å². The van der Waals surface area contributed by atoms with Crippen molar-refractivity contribution >= 4 is 51.2 Å². The molecule has 7 N–H and O–H groups in total. The number of hydrogen-bond acceptors (Lipinski definition) is 10. The second-order valence-electron chi connectivity index (χ2n) is 7.71. The number of amides is 3. The van der Waals surface area contributed by atoms with E-state index in [1.165, 1.54) is 11.3 Å². The van der Waals surface area contributed by atoms with E-state index in [0.29, 0.717) is 32.6 Å². The third kappa shape index (κ3) is 6.59. The number of anilines is 3. The number of methoxy groups -OCH3 is 1. The van der Waals surface area contributed by atoms with Crippen LogP contribution in [-0.4, -0.2) is 58.5 Å². The molecule has 1 atom stereocenters. The molecule has 0 saturated heterocycles. The van der Waals surface area contributed by atoms with Crippen LogP contribution >= 0.6 is 22.7 Å². The molecule has 2 aromatic carbocycles. The summed E-state index contributed by atoms with van der Waals surface area (Å²) < 4.78 is 5.18. The first-order valence-corrected chi connectivity index (χ1v) is 12.7. The van der Waals surface area contributed by atoms with Crippen LogP contribution in [0.5, 0.6) is 5.75 Å². The van der Waals surface area contributed by atoms with Crippen LogP contribution in [0.2, 0.25) is 0 Å². The molecular weight excluding hydrogens is 516 g/mol. The molecule has 4 aromatic rings. The van der Waals surface area contributed by atoms with Crippen molar-refractivity contribution in [1.29, 1.82) is 0 Å². The van der Waals surface area contributed by atoms with Crippen molar-refractivity contribution in [3.8, 4) is 26.9 Å². The lowest BCUT2D eigenvalue weighted by molar-refractivity contribution is 0.0965. The van der Waals surface area contributed by atoms with Crippen molar-refractivity contribution in [3.63, 3.8) is 0 Å². The van der Waals surface area contributed by atoms with Gasteiger partial charge in [-0.15, -0.1) is 11.3 Å². The quantitative estimate of drug-likeness (QED) is 0.188. The average Bonchev–Trinajstić information content (AvgIpc) is 3.54. The van der Waals surface area contributed by atoms with E-state index in [1.807, 2.05) is 23.6 Å². The van der Waals surface area contributed by atoms with Gasteiger partial charge in [-0.2, -0.15) is 0 Å². The fourth-order valence-electron chi connectivity index (χ4n) is 3.19. The van der Waals surface area contributed by atoms with Crippen LogP contribution < -0.4 is 26.4 Å². The van der Waals surface area contributed by atoms with Gasteiger partial charge in [0.25, 0.3) is 5.91 Å². The lowest BCUT2D eigenvalue weighted by atomic mass is 10.1. The number of ether oxygens (including phenoxy) is 1. The summed E-state index contributed by atoms with van der Waals surface area (Å²) >= 11 is 2.53. The number of carbonyl (C=O) groups excluding carboxylic acids is 2. The van der Waals surface area contributed by atoms with Gasteiger partial charge in [-0.3, -0.25) is 10.1 Å². The topological polar surface area (TPSA) is 172 Å². The number of urea groups is 1. The number of nitrogens with one attached hydrogen (secondary N) is 3. The molecule has 192 valence electrons. The van der Waals surface area contributed by atoms with Gasteiger partial charge in [-0.1, -0.05) is 29.5 Å². The van der Waals surface area contributed by atoms with Crippen molar-refractivity contribution in [2.45, 2.75) is 6.10 Å². The molecule has 0 radical (unpaired) electrons. The minimum Gasteiger partial charge on any atom is -0.497 e. The van der Waals surface area contributed by atoms with Gasteiger partial charge in [0.2, 0.25) is 0 Å². The molecule has 3 amide bonds. The molecule has 1 unspecified atom stereocenters. The lowest BCUT2D eigenvalue weighted by Crippen LogP contribution is -2.36. The largest absolute Gasteiger partial charge is 0.497 e. The van der Waals surface area contributed by atoms with Crippen LogP contribution in [0.3, 0.4) is 0 Å². The Balaban J connectivity index is 1.45. The highest BCUT2D eigenvalue weighted by Gasteiger charge is 2.17. The molecule has 0 saturated carbocycles. The summed E-state index contributed by atoms with van der Waals surface area (Å²) in [4.78, 5) is 34.1. The molecule has 0 bridgehead atoms. The summed E-state index contributed by atoms with van der Waals surface area (Å²) in [5.74, 6) is 0.552. The van der Waals surface area contributed by atoms with Gasteiger partial charge in [-0.25, -0.2) is 14.8 Å². The Hall–Kier alpha value is -4.04. The number of nitrogens with zero attached hydrogens (tertiary/aromatic N) is 2. The van der Waals surface area contributed by atoms with Crippen LogP contribution in [0, 0.1) is 0 Å². The third-order valence-corrected chi connectivity index (χ3v) is 7.01. The van der Waals surface area contributed by atoms with Gasteiger partial charge in [0, 0.05) is 28.7 Å². The van der Waals surface area contributed by atoms with Crippen molar-refractivity contribution in [1.82, 2.24) is 15.3 Å². The zero-order valence-electron chi connectivity index (χ0n) is 19.6. The number of hydrogen-bond donors (Lipinski definition) is 6. The highest BCUT2D eigenvalue weighted by molar-refractivity contribution is 7.23. The molecule has 0 aliphatic carbocycles. The number of thiazole rings is 2. The Labute approximate surface area is 220 Å². The van der Waals surface area contributed by atoms with Gasteiger partial charge in [-0.05, 0) is 30.3 Å². The number of nitrogens with two attached hydrogens (primary N) is 1. The van der Waals surface area contributed by atoms with Gasteiger partial charge in [0.15, 0.2) is 5.13 Å². The van der Waals surface area contributed by atoms with Crippen LogP contribution in [0.15, 0.2) is 53.9 Å². The second-order valence-corrected chi connectivity index (χ2v) is 9.57. The molecule has 11 nitrogen and oxygen atoms in total. The van der Waals surface area contributed by atoms with E-state index >= 15 is 0 Å². The molecule has 13 heteroatoms. The van der Waals surface area contributed by atoms with E-state index in [2.05, 4.69) is 25.9 Å². The van der Waals surface area contributed by atoms with Crippen molar-refractivity contribution < 1.29 is 24.5 Å². The van der Waals surface area contributed by atoms with Gasteiger partial charge >= 0.3 is 6.03 Å². The number of carbonyl (C=O) groups is 2. The number of benzene rings is 2. The fraction of sp³-hybridized carbons (Fsp3) is 0.167. The van der Waals surface area contributed by atoms with Crippen molar-refractivity contribution in [3.05, 3.63) is 59.5 Å². The Morgan fingerprint density at radius 2 is 1.95 bits per heavy atom. The van der Waals surface area contributed by atoms with Crippen LogP contribution in [-0.2, 0) is 0 Å². The lowest BCUT2D eigenvalue weighted by Gasteiger charge is -2.08. The third-order valence-electron chi connectivity index (χ3n) is 5.03. The van der Waals surface area contributed by atoms with Gasteiger partial charge in [0.05, 0.1) is 25.5 Å².